The molecule has 0 bridgehead atoms. The molecule has 1 heterocycles. The van der Waals surface area contributed by atoms with Crippen molar-refractivity contribution < 1.29 is 0 Å². The van der Waals surface area contributed by atoms with Crippen LogP contribution in [-0.2, 0) is 6.54 Å². The molecule has 1 N–H and O–H groups in total. The van der Waals surface area contributed by atoms with E-state index < -0.39 is 0 Å². The van der Waals surface area contributed by atoms with Gasteiger partial charge >= 0.3 is 0 Å². The van der Waals surface area contributed by atoms with Crippen LogP contribution < -0.4 is 5.32 Å². The highest BCUT2D eigenvalue weighted by molar-refractivity contribution is 5.44. The molecule has 0 aliphatic heterocycles. The van der Waals surface area contributed by atoms with Gasteiger partial charge in [0.25, 0.3) is 0 Å². The van der Waals surface area contributed by atoms with E-state index in [-0.39, 0.29) is 0 Å². The third-order valence-electron chi connectivity index (χ3n) is 4.38. The number of aryl methyl sites for hydroxylation is 2. The van der Waals surface area contributed by atoms with E-state index in [1.165, 1.54) is 37.7 Å². The lowest BCUT2D eigenvalue weighted by Crippen LogP contribution is -2.18. The fraction of sp³-hybridized carbons (Fsp3) is 0.529. The smallest absolute Gasteiger partial charge is 0.152 e. The molecular weight excluding hydrogens is 260 g/mol. The minimum absolute atomic E-state index is 0.587. The van der Waals surface area contributed by atoms with Crippen molar-refractivity contribution in [2.24, 2.45) is 0 Å². The molecule has 0 amide bonds. The van der Waals surface area contributed by atoms with Gasteiger partial charge in [0.1, 0.15) is 5.82 Å². The van der Waals surface area contributed by atoms with Crippen molar-refractivity contribution in [2.75, 3.05) is 5.32 Å². The molecule has 1 aliphatic carbocycles. The minimum atomic E-state index is 0.587. The van der Waals surface area contributed by atoms with E-state index in [2.05, 4.69) is 58.2 Å². The van der Waals surface area contributed by atoms with Gasteiger partial charge in [0.2, 0.25) is 0 Å². The Morgan fingerprint density at radius 2 is 1.76 bits per heavy atom. The second kappa shape index (κ2) is 6.29. The zero-order valence-electron chi connectivity index (χ0n) is 13.0. The molecule has 1 fully saturated rings. The zero-order valence-corrected chi connectivity index (χ0v) is 13.0. The second-order valence-electron chi connectivity index (χ2n) is 6.04. The molecule has 3 rings (SSSR count). The molecule has 1 aliphatic rings. The van der Waals surface area contributed by atoms with Crippen LogP contribution in [0.3, 0.4) is 0 Å². The average molecular weight is 284 g/mol. The molecule has 1 saturated carbocycles. The predicted molar refractivity (Wildman–Crippen MR) is 85.4 cm³/mol. The Bertz CT molecular complexity index is 579. The van der Waals surface area contributed by atoms with Crippen LogP contribution in [0.1, 0.15) is 55.4 Å². The molecular formula is C17H24N4. The Kier molecular flexibility index (Phi) is 4.23. The van der Waals surface area contributed by atoms with Crippen LogP contribution in [0.25, 0.3) is 0 Å². The quantitative estimate of drug-likeness (QED) is 0.922. The van der Waals surface area contributed by atoms with Gasteiger partial charge in [-0.25, -0.2) is 0 Å². The fourth-order valence-corrected chi connectivity index (χ4v) is 3.20. The highest BCUT2D eigenvalue weighted by Gasteiger charge is 2.20. The molecule has 0 radical (unpaired) electrons. The Morgan fingerprint density at radius 1 is 1.05 bits per heavy atom. The molecule has 0 spiro atoms. The molecule has 0 saturated heterocycles. The van der Waals surface area contributed by atoms with Gasteiger partial charge in [0.05, 0.1) is 6.54 Å². The van der Waals surface area contributed by atoms with E-state index in [1.54, 1.807) is 0 Å². The number of nitrogens with one attached hydrogen (secondary N) is 1. The molecule has 1 aromatic heterocycles. The van der Waals surface area contributed by atoms with Gasteiger partial charge in [-0.3, -0.25) is 0 Å². The Hall–Kier alpha value is -1.84. The maximum absolute atomic E-state index is 4.37. The largest absolute Gasteiger partial charge is 0.378 e. The van der Waals surface area contributed by atoms with Crippen LogP contribution in [0.5, 0.6) is 0 Å². The maximum Gasteiger partial charge on any atom is 0.152 e. The number of nitrogens with zero attached hydrogens (tertiary/aromatic N) is 3. The van der Waals surface area contributed by atoms with Gasteiger partial charge in [-0.05, 0) is 38.8 Å². The van der Waals surface area contributed by atoms with Gasteiger partial charge in [-0.2, -0.15) is 0 Å². The topological polar surface area (TPSA) is 42.7 Å². The first-order valence-corrected chi connectivity index (χ1v) is 7.95. The summed E-state index contributed by atoms with van der Waals surface area (Å²) in [7, 11) is 0. The highest BCUT2D eigenvalue weighted by atomic mass is 15.3. The fourth-order valence-electron chi connectivity index (χ4n) is 3.20. The predicted octanol–water partition coefficient (Wildman–Crippen LogP) is 4.01. The summed E-state index contributed by atoms with van der Waals surface area (Å²) >= 11 is 0. The van der Waals surface area contributed by atoms with Crippen LogP contribution in [0.4, 0.5) is 5.69 Å². The first kappa shape index (κ1) is 14.1. The summed E-state index contributed by atoms with van der Waals surface area (Å²) in [6.07, 6.45) is 6.54. The lowest BCUT2D eigenvalue weighted by atomic mass is 9.95. The maximum atomic E-state index is 4.37. The number of anilines is 1. The molecule has 2 aromatic rings. The molecule has 0 unspecified atom stereocenters. The van der Waals surface area contributed by atoms with Crippen molar-refractivity contribution in [3.63, 3.8) is 0 Å². The zero-order chi connectivity index (χ0) is 14.7. The van der Waals surface area contributed by atoms with Gasteiger partial charge in [-0.1, -0.05) is 37.0 Å². The SMILES string of the molecule is Cc1ccc(NCc2nnc(C)n2C2CCCCC2)cc1. The van der Waals surface area contributed by atoms with Crippen LogP contribution in [0, 0.1) is 13.8 Å². The summed E-state index contributed by atoms with van der Waals surface area (Å²) in [5, 5.41) is 12.1. The Morgan fingerprint density at radius 3 is 2.48 bits per heavy atom. The Balaban J connectivity index is 1.71. The van der Waals surface area contributed by atoms with E-state index in [4.69, 9.17) is 0 Å². The number of aromatic nitrogens is 3. The van der Waals surface area contributed by atoms with Gasteiger partial charge < -0.3 is 9.88 Å². The van der Waals surface area contributed by atoms with Crippen LogP contribution in [0.15, 0.2) is 24.3 Å². The van der Waals surface area contributed by atoms with E-state index in [1.807, 2.05) is 0 Å². The highest BCUT2D eigenvalue weighted by Crippen LogP contribution is 2.29. The van der Waals surface area contributed by atoms with E-state index in [0.29, 0.717) is 6.04 Å². The molecule has 0 atom stereocenters. The van der Waals surface area contributed by atoms with Crippen molar-refractivity contribution in [3.05, 3.63) is 41.5 Å². The number of hydrogen-bond acceptors (Lipinski definition) is 3. The third kappa shape index (κ3) is 3.26. The van der Waals surface area contributed by atoms with Crippen molar-refractivity contribution in [1.29, 1.82) is 0 Å². The number of rotatable bonds is 4. The van der Waals surface area contributed by atoms with Crippen molar-refractivity contribution in [3.8, 4) is 0 Å². The minimum Gasteiger partial charge on any atom is -0.378 e. The lowest BCUT2D eigenvalue weighted by molar-refractivity contribution is 0.341. The number of benzene rings is 1. The van der Waals surface area contributed by atoms with Crippen molar-refractivity contribution in [1.82, 2.24) is 14.8 Å². The summed E-state index contributed by atoms with van der Waals surface area (Å²) in [5.41, 5.74) is 2.42. The third-order valence-corrected chi connectivity index (χ3v) is 4.38. The van der Waals surface area contributed by atoms with Crippen LogP contribution in [-0.4, -0.2) is 14.8 Å². The van der Waals surface area contributed by atoms with Crippen molar-refractivity contribution >= 4 is 5.69 Å². The van der Waals surface area contributed by atoms with Crippen LogP contribution in [0.2, 0.25) is 0 Å². The average Bonchev–Trinajstić information content (AvgIpc) is 2.88. The van der Waals surface area contributed by atoms with E-state index in [9.17, 15) is 0 Å². The lowest BCUT2D eigenvalue weighted by Gasteiger charge is -2.25. The molecule has 4 nitrogen and oxygen atoms in total. The van der Waals surface area contributed by atoms with Gasteiger partial charge in [-0.15, -0.1) is 10.2 Å². The summed E-state index contributed by atoms with van der Waals surface area (Å²) in [6.45, 7) is 4.91. The van der Waals surface area contributed by atoms with Gasteiger partial charge in [0.15, 0.2) is 5.82 Å². The van der Waals surface area contributed by atoms with E-state index >= 15 is 0 Å². The Labute approximate surface area is 126 Å². The molecule has 112 valence electrons. The number of hydrogen-bond donors (Lipinski definition) is 1. The molecule has 4 heteroatoms. The molecule has 21 heavy (non-hydrogen) atoms. The summed E-state index contributed by atoms with van der Waals surface area (Å²) < 4.78 is 2.35. The van der Waals surface area contributed by atoms with Crippen molar-refractivity contribution in [2.45, 2.75) is 58.5 Å². The monoisotopic (exact) mass is 284 g/mol. The first-order valence-electron chi connectivity index (χ1n) is 7.95. The van der Waals surface area contributed by atoms with E-state index in [0.717, 1.165) is 23.9 Å². The second-order valence-corrected chi connectivity index (χ2v) is 6.04. The summed E-state index contributed by atoms with van der Waals surface area (Å²) in [4.78, 5) is 0. The molecule has 1 aromatic carbocycles. The van der Waals surface area contributed by atoms with Gasteiger partial charge in [0, 0.05) is 11.7 Å². The van der Waals surface area contributed by atoms with Crippen LogP contribution >= 0.6 is 0 Å². The first-order chi connectivity index (χ1) is 10.2. The summed E-state index contributed by atoms with van der Waals surface area (Å²) in [6, 6.07) is 9.06. The standard InChI is InChI=1S/C17H24N4/c1-13-8-10-15(11-9-13)18-12-17-20-19-14(2)21(17)16-6-4-3-5-7-16/h8-11,16,18H,3-7,12H2,1-2H3. The normalized spacial score (nSPS) is 16.1. The summed E-state index contributed by atoms with van der Waals surface area (Å²) in [5.74, 6) is 2.10.